The van der Waals surface area contributed by atoms with Crippen LogP contribution in [-0.4, -0.2) is 20.1 Å². The number of carbonyl (C=O) groups excluding carboxylic acids is 1. The highest BCUT2D eigenvalue weighted by atomic mass is 32.2. The number of hydrogen-bond acceptors (Lipinski definition) is 3. The van der Waals surface area contributed by atoms with Crippen molar-refractivity contribution in [2.24, 2.45) is 0 Å². The number of nitrogens with one attached hydrogen (secondary N) is 1. The lowest BCUT2D eigenvalue weighted by molar-refractivity contribution is 0.0939. The van der Waals surface area contributed by atoms with Gasteiger partial charge < -0.3 is 5.32 Å². The van der Waals surface area contributed by atoms with E-state index in [1.807, 2.05) is 0 Å². The van der Waals surface area contributed by atoms with Gasteiger partial charge in [-0.2, -0.15) is 8.78 Å². The third-order valence-electron chi connectivity index (χ3n) is 3.46. The highest BCUT2D eigenvalue weighted by molar-refractivity contribution is 7.91. The number of benzene rings is 2. The van der Waals surface area contributed by atoms with Crippen LogP contribution in [-0.2, 0) is 9.84 Å². The van der Waals surface area contributed by atoms with E-state index in [4.69, 9.17) is 0 Å². The average molecular weight is 375 g/mol. The molecular weight excluding hydrogens is 362 g/mol. The minimum atomic E-state index is -4.75. The molecule has 0 unspecified atom stereocenters. The zero-order valence-electron chi connectivity index (χ0n) is 12.8. The first-order valence-corrected chi connectivity index (χ1v) is 8.55. The van der Waals surface area contributed by atoms with Gasteiger partial charge in [0.15, 0.2) is 0 Å². The summed E-state index contributed by atoms with van der Waals surface area (Å²) in [5, 5.41) is 2.45. The van der Waals surface area contributed by atoms with Gasteiger partial charge in [0.2, 0.25) is 9.84 Å². The Morgan fingerprint density at radius 1 is 1.04 bits per heavy atom. The van der Waals surface area contributed by atoms with Crippen LogP contribution in [0.5, 0.6) is 0 Å². The number of rotatable bonds is 5. The Kier molecular flexibility index (Phi) is 5.46. The summed E-state index contributed by atoms with van der Waals surface area (Å²) in [7, 11) is -4.75. The lowest BCUT2D eigenvalue weighted by Gasteiger charge is -2.15. The summed E-state index contributed by atoms with van der Waals surface area (Å²) in [6.45, 7) is 1.48. The van der Waals surface area contributed by atoms with Crippen LogP contribution in [0.4, 0.5) is 17.6 Å². The fraction of sp³-hybridized carbons (Fsp3) is 0.188. The predicted octanol–water partition coefficient (Wildman–Crippen LogP) is 3.45. The monoisotopic (exact) mass is 375 g/mol. The van der Waals surface area contributed by atoms with Crippen LogP contribution in [0.3, 0.4) is 0 Å². The van der Waals surface area contributed by atoms with Gasteiger partial charge in [0.1, 0.15) is 11.6 Å². The number of hydrogen-bond donors (Lipinski definition) is 1. The molecule has 2 rings (SSSR count). The summed E-state index contributed by atoms with van der Waals surface area (Å²) in [5.74, 6) is -5.81. The van der Waals surface area contributed by atoms with Crippen LogP contribution in [0.15, 0.2) is 47.4 Å². The molecule has 9 heteroatoms. The maximum absolute atomic E-state index is 13.7. The van der Waals surface area contributed by atoms with Crippen molar-refractivity contribution in [1.82, 2.24) is 5.32 Å². The molecule has 1 N–H and O–H groups in total. The van der Waals surface area contributed by atoms with Crippen LogP contribution in [0.1, 0.15) is 28.9 Å². The number of carbonyl (C=O) groups is 1. The van der Waals surface area contributed by atoms with Gasteiger partial charge in [-0.3, -0.25) is 4.79 Å². The molecule has 1 amide bonds. The lowest BCUT2D eigenvalue weighted by atomic mass is 10.1. The molecule has 0 radical (unpaired) electrons. The zero-order valence-corrected chi connectivity index (χ0v) is 13.7. The molecule has 0 spiro atoms. The zero-order chi connectivity index (χ0) is 18.8. The summed E-state index contributed by atoms with van der Waals surface area (Å²) in [6.07, 6.45) is 0. The van der Waals surface area contributed by atoms with E-state index in [-0.39, 0.29) is 11.1 Å². The van der Waals surface area contributed by atoms with Crippen molar-refractivity contribution in [1.29, 1.82) is 0 Å². The molecule has 0 heterocycles. The first-order valence-electron chi connectivity index (χ1n) is 7.01. The van der Waals surface area contributed by atoms with E-state index in [1.165, 1.54) is 13.0 Å². The Hall–Kier alpha value is -2.42. The molecule has 0 saturated heterocycles. The van der Waals surface area contributed by atoms with Gasteiger partial charge in [-0.15, -0.1) is 0 Å². The molecule has 2 aromatic rings. The highest BCUT2D eigenvalue weighted by Gasteiger charge is 2.26. The van der Waals surface area contributed by atoms with E-state index >= 15 is 0 Å². The summed E-state index contributed by atoms with van der Waals surface area (Å²) in [4.78, 5) is 11.5. The topological polar surface area (TPSA) is 63.2 Å². The van der Waals surface area contributed by atoms with E-state index in [1.54, 1.807) is 0 Å². The van der Waals surface area contributed by atoms with Gasteiger partial charge in [0, 0.05) is 17.2 Å². The summed E-state index contributed by atoms with van der Waals surface area (Å²) in [6, 6.07) is 6.04. The van der Waals surface area contributed by atoms with Crippen LogP contribution < -0.4 is 5.32 Å². The summed E-state index contributed by atoms with van der Waals surface area (Å²) < 4.78 is 74.1. The van der Waals surface area contributed by atoms with Crippen LogP contribution in [0, 0.1) is 11.6 Å². The van der Waals surface area contributed by atoms with Crippen molar-refractivity contribution < 1.29 is 30.8 Å². The third kappa shape index (κ3) is 4.16. The minimum absolute atomic E-state index is 0.00239. The second-order valence-electron chi connectivity index (χ2n) is 5.19. The molecule has 4 nitrogen and oxygen atoms in total. The minimum Gasteiger partial charge on any atom is -0.345 e. The molecule has 0 aromatic heterocycles. The third-order valence-corrected chi connectivity index (χ3v) is 4.85. The molecule has 0 aliphatic rings. The fourth-order valence-corrected chi connectivity index (χ4v) is 2.83. The lowest BCUT2D eigenvalue weighted by Crippen LogP contribution is -2.27. The number of amides is 1. The van der Waals surface area contributed by atoms with Crippen molar-refractivity contribution in [2.45, 2.75) is 23.6 Å². The second kappa shape index (κ2) is 7.22. The van der Waals surface area contributed by atoms with Crippen molar-refractivity contribution in [3.8, 4) is 0 Å². The van der Waals surface area contributed by atoms with Gasteiger partial charge in [-0.25, -0.2) is 17.2 Å². The molecule has 2 aromatic carbocycles. The van der Waals surface area contributed by atoms with Crippen molar-refractivity contribution in [2.75, 3.05) is 0 Å². The van der Waals surface area contributed by atoms with Crippen molar-refractivity contribution >= 4 is 15.7 Å². The highest BCUT2D eigenvalue weighted by Crippen LogP contribution is 2.20. The average Bonchev–Trinajstić information content (AvgIpc) is 2.54. The number of halogens is 4. The molecule has 25 heavy (non-hydrogen) atoms. The Labute approximate surface area is 141 Å². The largest absolute Gasteiger partial charge is 0.345 e. The number of alkyl halides is 2. The van der Waals surface area contributed by atoms with Gasteiger partial charge in [0.25, 0.3) is 5.91 Å². The smallest absolute Gasteiger partial charge is 0.341 e. The quantitative estimate of drug-likeness (QED) is 0.815. The van der Waals surface area contributed by atoms with Gasteiger partial charge in [-0.1, -0.05) is 6.07 Å². The predicted molar refractivity (Wildman–Crippen MR) is 81.9 cm³/mol. The maximum atomic E-state index is 13.7. The van der Waals surface area contributed by atoms with E-state index in [0.717, 1.165) is 30.3 Å². The van der Waals surface area contributed by atoms with Gasteiger partial charge in [0.05, 0.1) is 10.9 Å². The first-order chi connectivity index (χ1) is 11.6. The molecule has 0 aliphatic carbocycles. The Balaban J connectivity index is 2.16. The Morgan fingerprint density at radius 3 is 2.16 bits per heavy atom. The maximum Gasteiger partial charge on any atom is 0.341 e. The molecule has 1 atom stereocenters. The molecule has 134 valence electrons. The van der Waals surface area contributed by atoms with Gasteiger partial charge in [-0.05, 0) is 37.3 Å². The van der Waals surface area contributed by atoms with E-state index < -0.39 is 44.1 Å². The molecular formula is C16H13F4NO3S. The van der Waals surface area contributed by atoms with Crippen LogP contribution >= 0.6 is 0 Å². The molecule has 0 aliphatic heterocycles. The van der Waals surface area contributed by atoms with Crippen LogP contribution in [0.2, 0.25) is 0 Å². The normalized spacial score (nSPS) is 12.9. The Morgan fingerprint density at radius 2 is 1.64 bits per heavy atom. The Bertz CT molecular complexity index is 883. The standard InChI is InChI=1S/C16H13F4NO3S/c1-9(13-7-4-11(17)8-14(13)18)21-15(22)10-2-5-12(6-3-10)25(23,24)16(19)20/h2-9,16H,1H3,(H,21,22)/t9-/m1/s1. The van der Waals surface area contributed by atoms with E-state index in [2.05, 4.69) is 5.32 Å². The number of sulfone groups is 1. The summed E-state index contributed by atoms with van der Waals surface area (Å²) >= 11 is 0. The summed E-state index contributed by atoms with van der Waals surface area (Å²) in [5.41, 5.74) is 0.0641. The molecule has 0 fully saturated rings. The van der Waals surface area contributed by atoms with Crippen molar-refractivity contribution in [3.63, 3.8) is 0 Å². The van der Waals surface area contributed by atoms with Crippen LogP contribution in [0.25, 0.3) is 0 Å². The van der Waals surface area contributed by atoms with Crippen molar-refractivity contribution in [3.05, 3.63) is 65.2 Å². The fourth-order valence-electron chi connectivity index (χ4n) is 2.11. The SMILES string of the molecule is C[C@@H](NC(=O)c1ccc(S(=O)(=O)C(F)F)cc1)c1ccc(F)cc1F. The van der Waals surface area contributed by atoms with E-state index in [9.17, 15) is 30.8 Å². The van der Waals surface area contributed by atoms with E-state index in [0.29, 0.717) is 6.07 Å². The molecule has 0 bridgehead atoms. The molecule has 0 saturated carbocycles. The first kappa shape index (κ1) is 18.9. The second-order valence-corrected chi connectivity index (χ2v) is 7.11. The van der Waals surface area contributed by atoms with Gasteiger partial charge >= 0.3 is 5.76 Å².